The highest BCUT2D eigenvalue weighted by Gasteiger charge is 2.04. The van der Waals surface area contributed by atoms with Gasteiger partial charge in [-0.1, -0.05) is 68.4 Å². The summed E-state index contributed by atoms with van der Waals surface area (Å²) < 4.78 is 0. The standard InChI is InChI=1S/C19H28O2/c1-17-12-14-18(15-13-17)19(21)11-9-7-5-3-2-4-6-8-10-16-20/h12-16H,2-11H2,1H3. The lowest BCUT2D eigenvalue weighted by Crippen LogP contribution is -1.98. The fourth-order valence-corrected chi connectivity index (χ4v) is 2.46. The second kappa shape index (κ2) is 11.2. The van der Waals surface area contributed by atoms with Crippen LogP contribution < -0.4 is 0 Å². The van der Waals surface area contributed by atoms with Crippen LogP contribution in [0.1, 0.15) is 80.1 Å². The largest absolute Gasteiger partial charge is 0.303 e. The summed E-state index contributed by atoms with van der Waals surface area (Å²) in [4.78, 5) is 22.1. The summed E-state index contributed by atoms with van der Waals surface area (Å²) in [5.41, 5.74) is 2.04. The zero-order chi connectivity index (χ0) is 15.3. The van der Waals surface area contributed by atoms with Crippen LogP contribution in [0, 0.1) is 6.92 Å². The monoisotopic (exact) mass is 288 g/mol. The fourth-order valence-electron chi connectivity index (χ4n) is 2.46. The number of aryl methyl sites for hydroxylation is 1. The van der Waals surface area contributed by atoms with Crippen LogP contribution in [-0.4, -0.2) is 12.1 Å². The van der Waals surface area contributed by atoms with Crippen molar-refractivity contribution in [2.24, 2.45) is 0 Å². The maximum Gasteiger partial charge on any atom is 0.162 e. The van der Waals surface area contributed by atoms with E-state index < -0.39 is 0 Å². The van der Waals surface area contributed by atoms with Gasteiger partial charge in [-0.25, -0.2) is 0 Å². The third-order valence-corrected chi connectivity index (χ3v) is 3.85. The molecule has 0 heterocycles. The summed E-state index contributed by atoms with van der Waals surface area (Å²) >= 11 is 0. The molecule has 0 aliphatic rings. The van der Waals surface area contributed by atoms with Gasteiger partial charge in [-0.3, -0.25) is 4.79 Å². The molecule has 0 N–H and O–H groups in total. The van der Waals surface area contributed by atoms with E-state index in [0.717, 1.165) is 31.1 Å². The van der Waals surface area contributed by atoms with Crippen LogP contribution in [0.2, 0.25) is 0 Å². The molecule has 2 nitrogen and oxygen atoms in total. The van der Waals surface area contributed by atoms with E-state index in [0.29, 0.717) is 12.8 Å². The maximum absolute atomic E-state index is 12.0. The van der Waals surface area contributed by atoms with Gasteiger partial charge in [-0.2, -0.15) is 0 Å². The number of Topliss-reactive ketones (excluding diaryl/α,β-unsaturated/α-hetero) is 1. The maximum atomic E-state index is 12.0. The Hall–Kier alpha value is -1.44. The lowest BCUT2D eigenvalue weighted by Gasteiger charge is -2.03. The van der Waals surface area contributed by atoms with E-state index in [2.05, 4.69) is 0 Å². The Balaban J connectivity index is 1.97. The Labute approximate surface area is 128 Å². The van der Waals surface area contributed by atoms with Crippen molar-refractivity contribution in [3.05, 3.63) is 35.4 Å². The number of aldehydes is 1. The van der Waals surface area contributed by atoms with Crippen LogP contribution in [-0.2, 0) is 4.79 Å². The lowest BCUT2D eigenvalue weighted by molar-refractivity contribution is -0.107. The highest BCUT2D eigenvalue weighted by Crippen LogP contribution is 2.13. The molecule has 0 aliphatic heterocycles. The van der Waals surface area contributed by atoms with Crippen molar-refractivity contribution < 1.29 is 9.59 Å². The van der Waals surface area contributed by atoms with Gasteiger partial charge in [-0.05, 0) is 19.8 Å². The molecule has 0 fully saturated rings. The quantitative estimate of drug-likeness (QED) is 0.298. The van der Waals surface area contributed by atoms with E-state index >= 15 is 0 Å². The minimum atomic E-state index is 0.267. The molecule has 0 spiro atoms. The van der Waals surface area contributed by atoms with E-state index in [1.807, 2.05) is 31.2 Å². The van der Waals surface area contributed by atoms with Gasteiger partial charge in [0.25, 0.3) is 0 Å². The number of carbonyl (C=O) groups is 2. The molecule has 0 amide bonds. The van der Waals surface area contributed by atoms with Gasteiger partial charge in [0.15, 0.2) is 5.78 Å². The highest BCUT2D eigenvalue weighted by atomic mass is 16.1. The zero-order valence-corrected chi connectivity index (χ0v) is 13.3. The third-order valence-electron chi connectivity index (χ3n) is 3.85. The van der Waals surface area contributed by atoms with Crippen LogP contribution in [0.3, 0.4) is 0 Å². The van der Waals surface area contributed by atoms with Crippen LogP contribution in [0.5, 0.6) is 0 Å². The topological polar surface area (TPSA) is 34.1 Å². The average Bonchev–Trinajstić information content (AvgIpc) is 2.49. The zero-order valence-electron chi connectivity index (χ0n) is 13.3. The lowest BCUT2D eigenvalue weighted by atomic mass is 10.0. The van der Waals surface area contributed by atoms with Crippen LogP contribution in [0.4, 0.5) is 0 Å². The van der Waals surface area contributed by atoms with Gasteiger partial charge in [0.1, 0.15) is 6.29 Å². The first kappa shape index (κ1) is 17.6. The number of rotatable bonds is 12. The van der Waals surface area contributed by atoms with Crippen LogP contribution in [0.25, 0.3) is 0 Å². The number of unbranched alkanes of at least 4 members (excludes halogenated alkanes) is 8. The Bertz CT molecular complexity index is 406. The fraction of sp³-hybridized carbons (Fsp3) is 0.579. The number of carbonyl (C=O) groups excluding carboxylic acids is 2. The average molecular weight is 288 g/mol. The number of hydrogen-bond donors (Lipinski definition) is 0. The molecule has 0 atom stereocenters. The van der Waals surface area contributed by atoms with E-state index in [1.165, 1.54) is 37.7 Å². The Morgan fingerprint density at radius 3 is 1.95 bits per heavy atom. The first-order valence-electron chi connectivity index (χ1n) is 8.27. The van der Waals surface area contributed by atoms with E-state index in [1.54, 1.807) is 0 Å². The first-order chi connectivity index (χ1) is 10.2. The van der Waals surface area contributed by atoms with E-state index in [9.17, 15) is 9.59 Å². The first-order valence-corrected chi connectivity index (χ1v) is 8.27. The molecule has 0 bridgehead atoms. The second-order valence-corrected chi connectivity index (χ2v) is 5.82. The van der Waals surface area contributed by atoms with Crippen LogP contribution in [0.15, 0.2) is 24.3 Å². The SMILES string of the molecule is Cc1ccc(C(=O)CCCCCCCCCCC=O)cc1. The minimum absolute atomic E-state index is 0.267. The summed E-state index contributed by atoms with van der Waals surface area (Å²) in [5.74, 6) is 0.267. The molecule has 0 radical (unpaired) electrons. The molecular formula is C19H28O2. The van der Waals surface area contributed by atoms with Crippen molar-refractivity contribution >= 4 is 12.1 Å². The molecule has 0 aliphatic carbocycles. The number of ketones is 1. The molecule has 21 heavy (non-hydrogen) atoms. The molecule has 1 aromatic rings. The third kappa shape index (κ3) is 8.44. The van der Waals surface area contributed by atoms with Gasteiger partial charge in [-0.15, -0.1) is 0 Å². The molecule has 0 saturated carbocycles. The van der Waals surface area contributed by atoms with Crippen molar-refractivity contribution in [1.29, 1.82) is 0 Å². The van der Waals surface area contributed by atoms with E-state index in [-0.39, 0.29) is 5.78 Å². The van der Waals surface area contributed by atoms with Crippen molar-refractivity contribution in [3.8, 4) is 0 Å². The van der Waals surface area contributed by atoms with Gasteiger partial charge < -0.3 is 4.79 Å². The van der Waals surface area contributed by atoms with Crippen molar-refractivity contribution in [2.75, 3.05) is 0 Å². The van der Waals surface area contributed by atoms with Crippen molar-refractivity contribution in [3.63, 3.8) is 0 Å². The highest BCUT2D eigenvalue weighted by molar-refractivity contribution is 5.96. The van der Waals surface area contributed by atoms with E-state index in [4.69, 9.17) is 0 Å². The van der Waals surface area contributed by atoms with Crippen LogP contribution >= 0.6 is 0 Å². The Morgan fingerprint density at radius 1 is 0.857 bits per heavy atom. The van der Waals surface area contributed by atoms with Crippen molar-refractivity contribution in [1.82, 2.24) is 0 Å². The molecular weight excluding hydrogens is 260 g/mol. The van der Waals surface area contributed by atoms with Gasteiger partial charge in [0.05, 0.1) is 0 Å². The van der Waals surface area contributed by atoms with Gasteiger partial charge in [0.2, 0.25) is 0 Å². The molecule has 2 heteroatoms. The normalized spacial score (nSPS) is 10.5. The van der Waals surface area contributed by atoms with Gasteiger partial charge >= 0.3 is 0 Å². The molecule has 0 unspecified atom stereocenters. The van der Waals surface area contributed by atoms with Gasteiger partial charge in [0, 0.05) is 18.4 Å². The molecule has 0 saturated heterocycles. The molecule has 1 aromatic carbocycles. The molecule has 0 aromatic heterocycles. The minimum Gasteiger partial charge on any atom is -0.303 e. The summed E-state index contributed by atoms with van der Waals surface area (Å²) in [6.07, 6.45) is 11.7. The molecule has 116 valence electrons. The Morgan fingerprint density at radius 2 is 1.38 bits per heavy atom. The van der Waals surface area contributed by atoms with Crippen molar-refractivity contribution in [2.45, 2.75) is 71.1 Å². The Kier molecular flexibility index (Phi) is 9.43. The smallest absolute Gasteiger partial charge is 0.162 e. The predicted molar refractivity (Wildman–Crippen MR) is 87.7 cm³/mol. The summed E-state index contributed by atoms with van der Waals surface area (Å²) in [5, 5.41) is 0. The summed E-state index contributed by atoms with van der Waals surface area (Å²) in [6, 6.07) is 7.85. The predicted octanol–water partition coefficient (Wildman–Crippen LogP) is 5.28. The summed E-state index contributed by atoms with van der Waals surface area (Å²) in [6.45, 7) is 2.03. The number of hydrogen-bond acceptors (Lipinski definition) is 2. The summed E-state index contributed by atoms with van der Waals surface area (Å²) in [7, 11) is 0. The number of benzene rings is 1. The second-order valence-electron chi connectivity index (χ2n) is 5.82. The molecule has 1 rings (SSSR count).